The maximum absolute atomic E-state index is 11.9. The van der Waals surface area contributed by atoms with Crippen LogP contribution in [0.1, 0.15) is 0 Å². The Bertz CT molecular complexity index is 499. The molecule has 0 aromatic carbocycles. The number of aromatic nitrogens is 3. The van der Waals surface area contributed by atoms with E-state index in [-0.39, 0.29) is 5.88 Å². The van der Waals surface area contributed by atoms with Crippen LogP contribution >= 0.6 is 0 Å². The van der Waals surface area contributed by atoms with Gasteiger partial charge in [0.05, 0.1) is 11.9 Å². The molecule has 4 nitrogen and oxygen atoms in total. The van der Waals surface area contributed by atoms with Crippen molar-refractivity contribution >= 4 is 0 Å². The Morgan fingerprint density at radius 3 is 2.44 bits per heavy atom. The molecule has 2 rings (SSSR count). The number of pyridine rings is 1. The van der Waals surface area contributed by atoms with Crippen LogP contribution in [0.5, 0.6) is 5.88 Å². The van der Waals surface area contributed by atoms with E-state index in [1.54, 1.807) is 6.07 Å². The fourth-order valence-corrected chi connectivity index (χ4v) is 1.22. The molecule has 2 aromatic rings. The number of ether oxygens (including phenoxy) is 1. The van der Waals surface area contributed by atoms with Gasteiger partial charge in [-0.25, -0.2) is 4.98 Å². The summed E-state index contributed by atoms with van der Waals surface area (Å²) in [4.78, 5) is 11.7. The first kappa shape index (κ1) is 12.3. The minimum absolute atomic E-state index is 0.0834. The van der Waals surface area contributed by atoms with Crippen LogP contribution in [-0.4, -0.2) is 27.7 Å². The number of rotatable bonds is 3. The molecule has 0 aliphatic heterocycles. The van der Waals surface area contributed by atoms with E-state index in [0.717, 1.165) is 0 Å². The van der Waals surface area contributed by atoms with E-state index in [1.165, 1.54) is 30.9 Å². The first-order chi connectivity index (χ1) is 8.54. The Hall–Kier alpha value is -2.18. The van der Waals surface area contributed by atoms with E-state index >= 15 is 0 Å². The molecule has 18 heavy (non-hydrogen) atoms. The molecule has 0 aliphatic carbocycles. The van der Waals surface area contributed by atoms with Crippen molar-refractivity contribution in [2.75, 3.05) is 6.61 Å². The molecular weight excluding hydrogens is 247 g/mol. The molecule has 2 heterocycles. The van der Waals surface area contributed by atoms with E-state index in [0.29, 0.717) is 11.3 Å². The summed E-state index contributed by atoms with van der Waals surface area (Å²) in [6.07, 6.45) is 1.59. The molecule has 0 unspecified atom stereocenters. The van der Waals surface area contributed by atoms with Gasteiger partial charge < -0.3 is 4.74 Å². The van der Waals surface area contributed by atoms with Gasteiger partial charge in [0.15, 0.2) is 6.61 Å². The molecule has 0 N–H and O–H groups in total. The zero-order chi connectivity index (χ0) is 13.0. The predicted octanol–water partition coefficient (Wildman–Crippen LogP) is 2.48. The molecular formula is C11H8F3N3O. The largest absolute Gasteiger partial charge is 0.468 e. The van der Waals surface area contributed by atoms with Crippen LogP contribution in [0.2, 0.25) is 0 Å². The third-order valence-electron chi connectivity index (χ3n) is 1.98. The maximum Gasteiger partial charge on any atom is 0.422 e. The van der Waals surface area contributed by atoms with Crippen LogP contribution in [0, 0.1) is 0 Å². The Morgan fingerprint density at radius 1 is 1.06 bits per heavy atom. The van der Waals surface area contributed by atoms with Crippen molar-refractivity contribution in [1.29, 1.82) is 0 Å². The van der Waals surface area contributed by atoms with Gasteiger partial charge in [0.2, 0.25) is 5.88 Å². The lowest BCUT2D eigenvalue weighted by molar-refractivity contribution is -0.154. The second-order valence-corrected chi connectivity index (χ2v) is 3.38. The summed E-state index contributed by atoms with van der Waals surface area (Å²) >= 11 is 0. The van der Waals surface area contributed by atoms with E-state index in [4.69, 9.17) is 0 Å². The lowest BCUT2D eigenvalue weighted by atomic mass is 10.2. The van der Waals surface area contributed by atoms with Crippen LogP contribution in [-0.2, 0) is 0 Å². The van der Waals surface area contributed by atoms with Gasteiger partial charge >= 0.3 is 6.18 Å². The standard InChI is InChI=1S/C11H8F3N3O/c12-11(13,14)7-18-10-2-1-8(5-17-10)9-6-15-3-4-16-9/h1-6H,7H2. The summed E-state index contributed by atoms with van der Waals surface area (Å²) < 4.78 is 40.2. The first-order valence-corrected chi connectivity index (χ1v) is 4.96. The lowest BCUT2D eigenvalue weighted by Gasteiger charge is -2.08. The zero-order valence-electron chi connectivity index (χ0n) is 9.05. The van der Waals surface area contributed by atoms with Gasteiger partial charge in [-0.05, 0) is 6.07 Å². The van der Waals surface area contributed by atoms with Crippen LogP contribution in [0.25, 0.3) is 11.3 Å². The molecule has 2 aromatic heterocycles. The summed E-state index contributed by atoms with van der Waals surface area (Å²) in [7, 11) is 0. The minimum atomic E-state index is -4.37. The lowest BCUT2D eigenvalue weighted by Crippen LogP contribution is -2.19. The normalized spacial score (nSPS) is 11.3. The van der Waals surface area contributed by atoms with Crippen molar-refractivity contribution in [3.63, 3.8) is 0 Å². The molecule has 94 valence electrons. The van der Waals surface area contributed by atoms with Gasteiger partial charge in [-0.2, -0.15) is 13.2 Å². The van der Waals surface area contributed by atoms with Gasteiger partial charge in [0.1, 0.15) is 0 Å². The van der Waals surface area contributed by atoms with E-state index in [1.807, 2.05) is 0 Å². The van der Waals surface area contributed by atoms with Crippen molar-refractivity contribution in [2.24, 2.45) is 0 Å². The fourth-order valence-electron chi connectivity index (χ4n) is 1.22. The van der Waals surface area contributed by atoms with Crippen molar-refractivity contribution in [1.82, 2.24) is 15.0 Å². The highest BCUT2D eigenvalue weighted by atomic mass is 19.4. The highest BCUT2D eigenvalue weighted by molar-refractivity contribution is 5.56. The second-order valence-electron chi connectivity index (χ2n) is 3.38. The third kappa shape index (κ3) is 3.41. The molecule has 7 heteroatoms. The molecule has 0 aliphatic rings. The third-order valence-corrected chi connectivity index (χ3v) is 1.98. The molecule has 0 fully saturated rings. The van der Waals surface area contributed by atoms with Crippen LogP contribution < -0.4 is 4.74 Å². The average Bonchev–Trinajstić information content (AvgIpc) is 2.37. The average molecular weight is 255 g/mol. The molecule has 0 amide bonds. The Morgan fingerprint density at radius 2 is 1.89 bits per heavy atom. The Balaban J connectivity index is 2.07. The summed E-state index contributed by atoms with van der Waals surface area (Å²) in [5.41, 5.74) is 1.25. The number of halogens is 3. The quantitative estimate of drug-likeness (QED) is 0.845. The Kier molecular flexibility index (Phi) is 3.40. The summed E-state index contributed by atoms with van der Waals surface area (Å²) in [6.45, 7) is -1.36. The topological polar surface area (TPSA) is 47.9 Å². The van der Waals surface area contributed by atoms with Crippen LogP contribution in [0.4, 0.5) is 13.2 Å². The number of hydrogen-bond donors (Lipinski definition) is 0. The van der Waals surface area contributed by atoms with Gasteiger partial charge in [0.25, 0.3) is 0 Å². The van der Waals surface area contributed by atoms with Gasteiger partial charge in [-0.3, -0.25) is 9.97 Å². The number of alkyl halides is 3. The smallest absolute Gasteiger partial charge is 0.422 e. The van der Waals surface area contributed by atoms with Crippen LogP contribution in [0.3, 0.4) is 0 Å². The van der Waals surface area contributed by atoms with Crippen molar-refractivity contribution in [2.45, 2.75) is 6.18 Å². The van der Waals surface area contributed by atoms with Crippen molar-refractivity contribution in [3.8, 4) is 17.1 Å². The Labute approximate surface area is 100 Å². The van der Waals surface area contributed by atoms with Crippen molar-refractivity contribution in [3.05, 3.63) is 36.9 Å². The molecule has 0 saturated carbocycles. The van der Waals surface area contributed by atoms with Gasteiger partial charge in [0, 0.05) is 30.2 Å². The van der Waals surface area contributed by atoms with E-state index in [9.17, 15) is 13.2 Å². The van der Waals surface area contributed by atoms with Crippen molar-refractivity contribution < 1.29 is 17.9 Å². The molecule has 0 saturated heterocycles. The highest BCUT2D eigenvalue weighted by Gasteiger charge is 2.28. The molecule has 0 atom stereocenters. The van der Waals surface area contributed by atoms with E-state index in [2.05, 4.69) is 19.7 Å². The molecule has 0 bridgehead atoms. The summed E-state index contributed by atoms with van der Waals surface area (Å²) in [5, 5.41) is 0. The number of hydrogen-bond acceptors (Lipinski definition) is 4. The highest BCUT2D eigenvalue weighted by Crippen LogP contribution is 2.19. The van der Waals surface area contributed by atoms with Gasteiger partial charge in [-0.1, -0.05) is 0 Å². The minimum Gasteiger partial charge on any atom is -0.468 e. The monoisotopic (exact) mass is 255 g/mol. The van der Waals surface area contributed by atoms with Crippen LogP contribution in [0.15, 0.2) is 36.9 Å². The predicted molar refractivity (Wildman–Crippen MR) is 56.8 cm³/mol. The molecule has 0 radical (unpaired) electrons. The first-order valence-electron chi connectivity index (χ1n) is 4.96. The van der Waals surface area contributed by atoms with E-state index < -0.39 is 12.8 Å². The summed E-state index contributed by atoms with van der Waals surface area (Å²) in [6, 6.07) is 2.93. The molecule has 0 spiro atoms. The van der Waals surface area contributed by atoms with Gasteiger partial charge in [-0.15, -0.1) is 0 Å². The number of nitrogens with zero attached hydrogens (tertiary/aromatic N) is 3. The second kappa shape index (κ2) is 4.99. The summed E-state index contributed by atoms with van der Waals surface area (Å²) in [5.74, 6) is -0.0834. The SMILES string of the molecule is FC(F)(F)COc1ccc(-c2cnccn2)cn1. The fraction of sp³-hybridized carbons (Fsp3) is 0.182. The zero-order valence-corrected chi connectivity index (χ0v) is 9.05. The maximum atomic E-state index is 11.9.